The van der Waals surface area contributed by atoms with E-state index in [0.29, 0.717) is 12.1 Å². The number of hydrogen-bond donors (Lipinski definition) is 1. The fourth-order valence-electron chi connectivity index (χ4n) is 2.59. The molecule has 1 N–H and O–H groups in total. The highest BCUT2D eigenvalue weighted by Crippen LogP contribution is 2.22. The maximum Gasteiger partial charge on any atom is 0.253 e. The first kappa shape index (κ1) is 15.6. The van der Waals surface area contributed by atoms with Crippen LogP contribution >= 0.6 is 11.3 Å². The summed E-state index contributed by atoms with van der Waals surface area (Å²) in [5, 5.41) is 6.08. The predicted octanol–water partition coefficient (Wildman–Crippen LogP) is 3.33. The normalized spacial score (nSPS) is 12.5. The summed E-state index contributed by atoms with van der Waals surface area (Å²) >= 11 is 1.70. The molecule has 1 aromatic carbocycles. The molecule has 3 rings (SSSR count). The minimum absolute atomic E-state index is 0.0855. The highest BCUT2D eigenvalue weighted by atomic mass is 32.1. The van der Waals surface area contributed by atoms with Gasteiger partial charge in [0.25, 0.3) is 5.91 Å². The minimum atomic E-state index is -0.0855. The summed E-state index contributed by atoms with van der Waals surface area (Å²) in [4.78, 5) is 20.3. The third-order valence-electron chi connectivity index (χ3n) is 3.83. The van der Waals surface area contributed by atoms with Crippen LogP contribution in [0.15, 0.2) is 54.0 Å². The molecule has 1 amide bonds. The van der Waals surface area contributed by atoms with Crippen LogP contribution in [0, 0.1) is 0 Å². The van der Waals surface area contributed by atoms with Crippen molar-refractivity contribution in [3.8, 4) is 0 Å². The van der Waals surface area contributed by atoms with Crippen LogP contribution in [-0.4, -0.2) is 36.4 Å². The van der Waals surface area contributed by atoms with E-state index in [1.54, 1.807) is 17.5 Å². The third-order valence-corrected chi connectivity index (χ3v) is 4.80. The van der Waals surface area contributed by atoms with E-state index in [1.165, 1.54) is 4.88 Å². The van der Waals surface area contributed by atoms with Gasteiger partial charge in [0, 0.05) is 23.0 Å². The van der Waals surface area contributed by atoms with E-state index in [2.05, 4.69) is 26.6 Å². The second-order valence-electron chi connectivity index (χ2n) is 5.59. The topological polar surface area (TPSA) is 45.2 Å². The first-order valence-electron chi connectivity index (χ1n) is 7.48. The zero-order valence-corrected chi connectivity index (χ0v) is 14.0. The summed E-state index contributed by atoms with van der Waals surface area (Å²) < 4.78 is 0. The molecule has 2 heterocycles. The average molecular weight is 325 g/mol. The first-order chi connectivity index (χ1) is 11.2. The third kappa shape index (κ3) is 3.41. The van der Waals surface area contributed by atoms with E-state index in [4.69, 9.17) is 0 Å². The Bertz CT molecular complexity index is 794. The number of likely N-dealkylation sites (N-methyl/N-ethyl adjacent to an activating group) is 1. The van der Waals surface area contributed by atoms with Gasteiger partial charge in [0.2, 0.25) is 0 Å². The fourth-order valence-corrected chi connectivity index (χ4v) is 3.51. The summed E-state index contributed by atoms with van der Waals surface area (Å²) in [5.41, 5.74) is 1.36. The largest absolute Gasteiger partial charge is 0.350 e. The smallest absolute Gasteiger partial charge is 0.253 e. The lowest BCUT2D eigenvalue weighted by atomic mass is 10.1. The number of nitrogens with zero attached hydrogens (tertiary/aromatic N) is 2. The molecule has 0 bridgehead atoms. The molecule has 118 valence electrons. The molecular formula is C18H19N3OS. The van der Waals surface area contributed by atoms with E-state index >= 15 is 0 Å². The van der Waals surface area contributed by atoms with E-state index < -0.39 is 0 Å². The van der Waals surface area contributed by atoms with Gasteiger partial charge in [-0.25, -0.2) is 0 Å². The lowest BCUT2D eigenvalue weighted by Crippen LogP contribution is -2.34. The number of amides is 1. The molecule has 23 heavy (non-hydrogen) atoms. The summed E-state index contributed by atoms with van der Waals surface area (Å²) in [5.74, 6) is -0.0855. The van der Waals surface area contributed by atoms with Gasteiger partial charge in [-0.05, 0) is 37.7 Å². The molecule has 0 aliphatic heterocycles. The van der Waals surface area contributed by atoms with Gasteiger partial charge in [0.05, 0.1) is 17.1 Å². The molecule has 0 saturated carbocycles. The Labute approximate surface area is 139 Å². The number of rotatable bonds is 5. The van der Waals surface area contributed by atoms with Gasteiger partial charge in [0.15, 0.2) is 0 Å². The van der Waals surface area contributed by atoms with E-state index in [1.807, 2.05) is 50.5 Å². The van der Waals surface area contributed by atoms with Crippen LogP contribution in [0.4, 0.5) is 0 Å². The van der Waals surface area contributed by atoms with Crippen LogP contribution in [0.25, 0.3) is 10.9 Å². The number of aromatic nitrogens is 1. The predicted molar refractivity (Wildman–Crippen MR) is 94.8 cm³/mol. The van der Waals surface area contributed by atoms with Crippen LogP contribution in [0.5, 0.6) is 0 Å². The van der Waals surface area contributed by atoms with Crippen LogP contribution in [-0.2, 0) is 0 Å². The molecule has 0 spiro atoms. The quantitative estimate of drug-likeness (QED) is 0.782. The lowest BCUT2D eigenvalue weighted by molar-refractivity contribution is 0.0944. The van der Waals surface area contributed by atoms with Crippen LogP contribution in [0.1, 0.15) is 21.3 Å². The molecule has 3 aromatic rings. The number of carbonyl (C=O) groups is 1. The van der Waals surface area contributed by atoms with Crippen molar-refractivity contribution in [2.45, 2.75) is 6.04 Å². The maximum absolute atomic E-state index is 12.6. The maximum atomic E-state index is 12.6. The summed E-state index contributed by atoms with van der Waals surface area (Å²) in [7, 11) is 4.05. The molecule has 4 nitrogen and oxygen atoms in total. The Kier molecular flexibility index (Phi) is 4.69. The second kappa shape index (κ2) is 6.89. The average Bonchev–Trinajstić information content (AvgIpc) is 3.08. The van der Waals surface area contributed by atoms with E-state index in [0.717, 1.165) is 10.9 Å². The van der Waals surface area contributed by atoms with Crippen LogP contribution in [0.2, 0.25) is 0 Å². The molecule has 0 aliphatic rings. The zero-order chi connectivity index (χ0) is 16.2. The Balaban J connectivity index is 1.78. The number of nitrogens with one attached hydrogen (secondary N) is 1. The second-order valence-corrected chi connectivity index (χ2v) is 6.56. The Morgan fingerprint density at radius 3 is 2.78 bits per heavy atom. The first-order valence-corrected chi connectivity index (χ1v) is 8.36. The Morgan fingerprint density at radius 1 is 1.22 bits per heavy atom. The lowest BCUT2D eigenvalue weighted by Gasteiger charge is -2.23. The van der Waals surface area contributed by atoms with Gasteiger partial charge in [-0.15, -0.1) is 11.3 Å². The molecule has 0 fully saturated rings. The number of benzene rings is 1. The molecule has 1 unspecified atom stereocenters. The molecule has 0 aliphatic carbocycles. The Hall–Kier alpha value is -2.24. The number of thiophene rings is 1. The van der Waals surface area contributed by atoms with Crippen molar-refractivity contribution in [1.82, 2.24) is 15.2 Å². The highest BCUT2D eigenvalue weighted by Gasteiger charge is 2.17. The van der Waals surface area contributed by atoms with Crippen LogP contribution in [0.3, 0.4) is 0 Å². The van der Waals surface area contributed by atoms with Gasteiger partial charge in [-0.1, -0.05) is 24.3 Å². The summed E-state index contributed by atoms with van der Waals surface area (Å²) in [6.07, 6.45) is 1.72. The Morgan fingerprint density at radius 2 is 2.04 bits per heavy atom. The number of carbonyl (C=O) groups excluding carboxylic acids is 1. The van der Waals surface area contributed by atoms with Gasteiger partial charge >= 0.3 is 0 Å². The molecular weight excluding hydrogens is 306 g/mol. The van der Waals surface area contributed by atoms with Gasteiger partial charge < -0.3 is 10.2 Å². The standard InChI is InChI=1S/C18H19N3OS/c1-21(2)15(16-9-5-11-23-16)12-20-18(22)14-8-3-6-13-7-4-10-19-17(13)14/h3-11,15H,12H2,1-2H3,(H,20,22). The van der Waals surface area contributed by atoms with Crippen molar-refractivity contribution in [2.75, 3.05) is 20.6 Å². The fraction of sp³-hybridized carbons (Fsp3) is 0.222. The van der Waals surface area contributed by atoms with Crippen molar-refractivity contribution in [2.24, 2.45) is 0 Å². The van der Waals surface area contributed by atoms with E-state index in [-0.39, 0.29) is 11.9 Å². The van der Waals surface area contributed by atoms with Gasteiger partial charge in [-0.3, -0.25) is 9.78 Å². The zero-order valence-electron chi connectivity index (χ0n) is 13.2. The summed E-state index contributed by atoms with van der Waals surface area (Å²) in [6, 6.07) is 13.8. The number of fused-ring (bicyclic) bond motifs is 1. The van der Waals surface area contributed by atoms with Crippen molar-refractivity contribution in [3.63, 3.8) is 0 Å². The molecule has 1 atom stereocenters. The van der Waals surface area contributed by atoms with Crippen molar-refractivity contribution in [3.05, 3.63) is 64.5 Å². The van der Waals surface area contributed by atoms with Crippen LogP contribution < -0.4 is 5.32 Å². The van der Waals surface area contributed by atoms with Crippen molar-refractivity contribution >= 4 is 28.1 Å². The van der Waals surface area contributed by atoms with Gasteiger partial charge in [-0.2, -0.15) is 0 Å². The minimum Gasteiger partial charge on any atom is -0.350 e. The molecule has 0 saturated heterocycles. The van der Waals surface area contributed by atoms with E-state index in [9.17, 15) is 4.79 Å². The molecule has 2 aromatic heterocycles. The number of pyridine rings is 1. The van der Waals surface area contributed by atoms with Gasteiger partial charge in [0.1, 0.15) is 0 Å². The SMILES string of the molecule is CN(C)C(CNC(=O)c1cccc2cccnc12)c1cccs1. The monoisotopic (exact) mass is 325 g/mol. The van der Waals surface area contributed by atoms with Crippen molar-refractivity contribution in [1.29, 1.82) is 0 Å². The highest BCUT2D eigenvalue weighted by molar-refractivity contribution is 7.10. The van der Waals surface area contributed by atoms with Crippen molar-refractivity contribution < 1.29 is 4.79 Å². The molecule has 5 heteroatoms. The number of para-hydroxylation sites is 1. The summed E-state index contributed by atoms with van der Waals surface area (Å²) in [6.45, 7) is 0.565. The number of hydrogen-bond acceptors (Lipinski definition) is 4. The molecule has 0 radical (unpaired) electrons.